The van der Waals surface area contributed by atoms with Gasteiger partial charge in [0.1, 0.15) is 5.75 Å². The summed E-state index contributed by atoms with van der Waals surface area (Å²) in [5.41, 5.74) is 5.37. The molecule has 0 amide bonds. The summed E-state index contributed by atoms with van der Waals surface area (Å²) in [6.07, 6.45) is 0. The normalized spacial score (nSPS) is 11.7. The lowest BCUT2D eigenvalue weighted by Gasteiger charge is -2.23. The summed E-state index contributed by atoms with van der Waals surface area (Å²) in [5, 5.41) is 10.3. The first-order chi connectivity index (χ1) is 9.34. The maximum absolute atomic E-state index is 10.3. The highest BCUT2D eigenvalue weighted by atomic mass is 32.1. The first-order valence-electron chi connectivity index (χ1n) is 6.88. The van der Waals surface area contributed by atoms with Crippen molar-refractivity contribution in [3.63, 3.8) is 0 Å². The second-order valence-electron chi connectivity index (χ2n) is 6.25. The van der Waals surface area contributed by atoms with Gasteiger partial charge in [-0.2, -0.15) is 12.6 Å². The lowest BCUT2D eigenvalue weighted by molar-refractivity contribution is 0.443. The molecule has 0 aliphatic heterocycles. The number of thiol groups is 1. The lowest BCUT2D eigenvalue weighted by atomic mass is 9.83. The molecular weight excluding hydrogens is 264 g/mol. The average Bonchev–Trinajstić information content (AvgIpc) is 2.40. The number of aromatic hydroxyl groups is 1. The van der Waals surface area contributed by atoms with E-state index in [1.807, 2.05) is 25.1 Å². The Hall–Kier alpha value is -1.41. The molecule has 0 bridgehead atoms. The Balaban J connectivity index is 2.67. The van der Waals surface area contributed by atoms with Crippen LogP contribution < -0.4 is 0 Å². The van der Waals surface area contributed by atoms with Crippen LogP contribution in [0.15, 0.2) is 36.4 Å². The van der Waals surface area contributed by atoms with Crippen molar-refractivity contribution in [2.75, 3.05) is 0 Å². The molecule has 0 unspecified atom stereocenters. The minimum absolute atomic E-state index is 0.0826. The zero-order valence-electron chi connectivity index (χ0n) is 12.6. The van der Waals surface area contributed by atoms with E-state index in [1.54, 1.807) is 0 Å². The molecule has 2 rings (SSSR count). The summed E-state index contributed by atoms with van der Waals surface area (Å²) in [4.78, 5) is 0. The Bertz CT molecular complexity index is 624. The van der Waals surface area contributed by atoms with Crippen LogP contribution in [0.1, 0.15) is 37.5 Å². The fourth-order valence-electron chi connectivity index (χ4n) is 2.45. The minimum Gasteiger partial charge on any atom is -0.507 e. The molecule has 2 aromatic rings. The van der Waals surface area contributed by atoms with Gasteiger partial charge in [0.25, 0.3) is 0 Å². The van der Waals surface area contributed by atoms with Gasteiger partial charge < -0.3 is 5.11 Å². The number of hydrogen-bond donors (Lipinski definition) is 2. The van der Waals surface area contributed by atoms with E-state index in [4.69, 9.17) is 0 Å². The van der Waals surface area contributed by atoms with Crippen LogP contribution in [0.25, 0.3) is 11.1 Å². The third-order valence-corrected chi connectivity index (χ3v) is 3.95. The highest BCUT2D eigenvalue weighted by Gasteiger charge is 2.20. The van der Waals surface area contributed by atoms with Gasteiger partial charge >= 0.3 is 0 Å². The van der Waals surface area contributed by atoms with Gasteiger partial charge in [0, 0.05) is 11.3 Å². The van der Waals surface area contributed by atoms with Crippen LogP contribution in [0, 0.1) is 6.92 Å². The third kappa shape index (κ3) is 2.85. The van der Waals surface area contributed by atoms with Gasteiger partial charge in [-0.3, -0.25) is 0 Å². The van der Waals surface area contributed by atoms with Crippen LogP contribution in [0.3, 0.4) is 0 Å². The smallest absolute Gasteiger partial charge is 0.122 e. The zero-order valence-corrected chi connectivity index (χ0v) is 13.5. The molecular formula is C18H22OS. The van der Waals surface area contributed by atoms with Gasteiger partial charge in [0.15, 0.2) is 0 Å². The summed E-state index contributed by atoms with van der Waals surface area (Å²) < 4.78 is 0. The molecule has 0 atom stereocenters. The SMILES string of the molecule is Cc1cc(-c2ccccc2CS)cc(C(C)(C)C)c1O. The standard InChI is InChI=1S/C18H22OS/c1-12-9-14(10-16(17(12)19)18(2,3)4)15-8-6-5-7-13(15)11-20/h5-10,19-20H,11H2,1-4H3. The Kier molecular flexibility index (Phi) is 4.14. The molecule has 0 saturated carbocycles. The maximum atomic E-state index is 10.3. The molecule has 1 N–H and O–H groups in total. The molecule has 20 heavy (non-hydrogen) atoms. The fraction of sp³-hybridized carbons (Fsp3) is 0.333. The van der Waals surface area contributed by atoms with Crippen LogP contribution in [-0.2, 0) is 11.2 Å². The molecule has 0 aliphatic rings. The van der Waals surface area contributed by atoms with E-state index in [1.165, 1.54) is 11.1 Å². The molecule has 1 nitrogen and oxygen atoms in total. The van der Waals surface area contributed by atoms with Gasteiger partial charge in [-0.25, -0.2) is 0 Å². The molecule has 2 heteroatoms. The Morgan fingerprint density at radius 2 is 1.75 bits per heavy atom. The molecule has 0 aromatic heterocycles. The molecule has 0 aliphatic carbocycles. The second-order valence-corrected chi connectivity index (χ2v) is 6.57. The summed E-state index contributed by atoms with van der Waals surface area (Å²) in [7, 11) is 0. The lowest BCUT2D eigenvalue weighted by Crippen LogP contribution is -2.12. The second kappa shape index (κ2) is 5.53. The molecule has 0 radical (unpaired) electrons. The van der Waals surface area contributed by atoms with Crippen LogP contribution in [0.5, 0.6) is 5.75 Å². The number of aryl methyl sites for hydroxylation is 1. The van der Waals surface area contributed by atoms with Crippen LogP contribution in [0.4, 0.5) is 0 Å². The number of phenolic OH excluding ortho intramolecular Hbond substituents is 1. The van der Waals surface area contributed by atoms with Crippen LogP contribution >= 0.6 is 12.6 Å². The molecule has 0 fully saturated rings. The number of rotatable bonds is 2. The highest BCUT2D eigenvalue weighted by molar-refractivity contribution is 7.79. The number of benzene rings is 2. The monoisotopic (exact) mass is 286 g/mol. The summed E-state index contributed by atoms with van der Waals surface area (Å²) in [5.74, 6) is 1.12. The summed E-state index contributed by atoms with van der Waals surface area (Å²) in [6, 6.07) is 12.4. The van der Waals surface area contributed by atoms with E-state index < -0.39 is 0 Å². The minimum atomic E-state index is -0.0826. The maximum Gasteiger partial charge on any atom is 0.122 e. The number of phenols is 1. The molecule has 0 spiro atoms. The Morgan fingerprint density at radius 3 is 2.35 bits per heavy atom. The summed E-state index contributed by atoms with van der Waals surface area (Å²) in [6.45, 7) is 8.32. The van der Waals surface area contributed by atoms with Crippen LogP contribution in [0.2, 0.25) is 0 Å². The largest absolute Gasteiger partial charge is 0.507 e. The van der Waals surface area contributed by atoms with Crippen LogP contribution in [-0.4, -0.2) is 5.11 Å². The summed E-state index contributed by atoms with van der Waals surface area (Å²) >= 11 is 4.41. The van der Waals surface area contributed by atoms with Gasteiger partial charge in [0.05, 0.1) is 0 Å². The van der Waals surface area contributed by atoms with Crippen molar-refractivity contribution in [3.05, 3.63) is 53.1 Å². The van der Waals surface area contributed by atoms with Crippen molar-refractivity contribution in [2.45, 2.75) is 38.9 Å². The van der Waals surface area contributed by atoms with E-state index in [2.05, 4.69) is 51.6 Å². The van der Waals surface area contributed by atoms with Crippen molar-refractivity contribution in [3.8, 4) is 16.9 Å². The predicted molar refractivity (Wildman–Crippen MR) is 89.7 cm³/mol. The topological polar surface area (TPSA) is 20.2 Å². The van der Waals surface area contributed by atoms with Gasteiger partial charge in [-0.15, -0.1) is 0 Å². The van der Waals surface area contributed by atoms with E-state index in [-0.39, 0.29) is 5.41 Å². The highest BCUT2D eigenvalue weighted by Crippen LogP contribution is 2.37. The van der Waals surface area contributed by atoms with Crippen molar-refractivity contribution in [1.29, 1.82) is 0 Å². The molecule has 2 aromatic carbocycles. The third-order valence-electron chi connectivity index (χ3n) is 3.61. The Morgan fingerprint density at radius 1 is 1.10 bits per heavy atom. The zero-order chi connectivity index (χ0) is 14.9. The first-order valence-corrected chi connectivity index (χ1v) is 7.51. The van der Waals surface area contributed by atoms with E-state index in [9.17, 15) is 5.11 Å². The fourth-order valence-corrected chi connectivity index (χ4v) is 2.72. The number of hydrogen-bond acceptors (Lipinski definition) is 2. The van der Waals surface area contributed by atoms with Gasteiger partial charge in [-0.1, -0.05) is 45.0 Å². The molecule has 0 heterocycles. The van der Waals surface area contributed by atoms with Gasteiger partial charge in [-0.05, 0) is 46.7 Å². The Labute approximate surface area is 127 Å². The van der Waals surface area contributed by atoms with Crippen molar-refractivity contribution >= 4 is 12.6 Å². The predicted octanol–water partition coefficient (Wildman–Crippen LogP) is 5.09. The van der Waals surface area contributed by atoms with Gasteiger partial charge in [0.2, 0.25) is 0 Å². The van der Waals surface area contributed by atoms with E-state index in [0.29, 0.717) is 11.5 Å². The van der Waals surface area contributed by atoms with E-state index >= 15 is 0 Å². The van der Waals surface area contributed by atoms with Crippen molar-refractivity contribution < 1.29 is 5.11 Å². The van der Waals surface area contributed by atoms with Crippen molar-refractivity contribution in [1.82, 2.24) is 0 Å². The average molecular weight is 286 g/mol. The first kappa shape index (κ1) is 15.0. The van der Waals surface area contributed by atoms with E-state index in [0.717, 1.165) is 16.7 Å². The quantitative estimate of drug-likeness (QED) is 0.736. The van der Waals surface area contributed by atoms with Crippen molar-refractivity contribution in [2.24, 2.45) is 0 Å². The molecule has 106 valence electrons. The molecule has 0 saturated heterocycles.